The van der Waals surface area contributed by atoms with Gasteiger partial charge in [-0.1, -0.05) is 17.3 Å². The third-order valence-corrected chi connectivity index (χ3v) is 7.43. The second kappa shape index (κ2) is 9.76. The zero-order valence-electron chi connectivity index (χ0n) is 17.1. The molecule has 32 heavy (non-hydrogen) atoms. The maximum absolute atomic E-state index is 12.5. The Morgan fingerprint density at radius 1 is 1.28 bits per heavy atom. The van der Waals surface area contributed by atoms with E-state index in [0.29, 0.717) is 20.8 Å². The van der Waals surface area contributed by atoms with Crippen LogP contribution in [0.3, 0.4) is 0 Å². The summed E-state index contributed by atoms with van der Waals surface area (Å²) in [7, 11) is -2.06. The number of benzene rings is 2. The van der Waals surface area contributed by atoms with Crippen LogP contribution < -0.4 is 9.54 Å². The maximum Gasteiger partial charge on any atom is 0.270 e. The average molecular weight is 474 g/mol. The number of nitro benzene ring substituents is 1. The van der Waals surface area contributed by atoms with Gasteiger partial charge in [0.15, 0.2) is 14.6 Å². The van der Waals surface area contributed by atoms with E-state index >= 15 is 0 Å². The van der Waals surface area contributed by atoms with Crippen LogP contribution in [0, 0.1) is 22.5 Å². The fraction of sp³-hybridized carbons (Fsp3) is 0.238. The summed E-state index contributed by atoms with van der Waals surface area (Å²) in [5.74, 6) is 2.32. The maximum atomic E-state index is 12.5. The van der Waals surface area contributed by atoms with Crippen molar-refractivity contribution in [3.05, 3.63) is 57.4 Å². The van der Waals surface area contributed by atoms with E-state index in [1.807, 2.05) is 0 Å². The van der Waals surface area contributed by atoms with Crippen LogP contribution in [-0.4, -0.2) is 36.7 Å². The molecule has 0 aliphatic rings. The number of carbonyl (C=O) groups is 1. The van der Waals surface area contributed by atoms with Gasteiger partial charge in [-0.25, -0.2) is 8.42 Å². The lowest BCUT2D eigenvalue weighted by Crippen LogP contribution is -2.16. The van der Waals surface area contributed by atoms with E-state index in [-0.39, 0.29) is 35.7 Å². The van der Waals surface area contributed by atoms with Gasteiger partial charge in [-0.3, -0.25) is 14.9 Å². The predicted molar refractivity (Wildman–Crippen MR) is 120 cm³/mol. The monoisotopic (exact) mass is 473 g/mol. The van der Waals surface area contributed by atoms with Crippen molar-refractivity contribution in [2.24, 2.45) is 4.99 Å². The SMILES string of the molecule is C#CCn1c(=NC(=O)CCCS(=O)(=O)c2ccc(OC)cc2)sc2cc([N+](=O)[O-])ccc21. The lowest BCUT2D eigenvalue weighted by atomic mass is 10.3. The lowest BCUT2D eigenvalue weighted by Gasteiger charge is -2.05. The van der Waals surface area contributed by atoms with Crippen molar-refractivity contribution in [2.45, 2.75) is 24.3 Å². The predicted octanol–water partition coefficient (Wildman–Crippen LogP) is 2.93. The average Bonchev–Trinajstić information content (AvgIpc) is 3.10. The molecule has 2 aromatic carbocycles. The molecule has 0 atom stereocenters. The molecule has 3 rings (SSSR count). The highest BCUT2D eigenvalue weighted by atomic mass is 32.2. The normalized spacial score (nSPS) is 11.9. The van der Waals surface area contributed by atoms with Crippen LogP contribution in [0.5, 0.6) is 5.75 Å². The highest BCUT2D eigenvalue weighted by Gasteiger charge is 2.16. The summed E-state index contributed by atoms with van der Waals surface area (Å²) < 4.78 is 32.1. The number of nitrogens with zero attached hydrogens (tertiary/aromatic N) is 3. The van der Waals surface area contributed by atoms with Gasteiger partial charge in [0.1, 0.15) is 5.75 Å². The Kier molecular flexibility index (Phi) is 7.07. The van der Waals surface area contributed by atoms with E-state index in [1.54, 1.807) is 22.8 Å². The number of ether oxygens (including phenoxy) is 1. The standard InChI is InChI=1S/C21H19N3O6S2/c1-3-12-23-18-11-6-15(24(26)27)14-19(18)31-21(23)22-20(25)5-4-13-32(28,29)17-9-7-16(30-2)8-10-17/h1,6-11,14H,4-5,12-13H2,2H3. The van der Waals surface area contributed by atoms with Gasteiger partial charge in [-0.05, 0) is 36.8 Å². The number of terminal acetylenes is 1. The molecule has 0 spiro atoms. The summed E-state index contributed by atoms with van der Waals surface area (Å²) in [5.41, 5.74) is 0.556. The quantitative estimate of drug-likeness (QED) is 0.282. The van der Waals surface area contributed by atoms with E-state index in [1.165, 1.54) is 31.4 Å². The molecule has 9 nitrogen and oxygen atoms in total. The van der Waals surface area contributed by atoms with Crippen LogP contribution in [0.15, 0.2) is 52.4 Å². The summed E-state index contributed by atoms with van der Waals surface area (Å²) in [6, 6.07) is 10.4. The van der Waals surface area contributed by atoms with Crippen molar-refractivity contribution in [3.63, 3.8) is 0 Å². The number of thiazole rings is 1. The fourth-order valence-electron chi connectivity index (χ4n) is 2.98. The van der Waals surface area contributed by atoms with Crippen LogP contribution in [0.2, 0.25) is 0 Å². The van der Waals surface area contributed by atoms with Crippen molar-refractivity contribution >= 4 is 43.0 Å². The molecule has 0 bridgehead atoms. The Morgan fingerprint density at radius 3 is 2.62 bits per heavy atom. The second-order valence-corrected chi connectivity index (χ2v) is 9.81. The minimum absolute atomic E-state index is 0.0696. The van der Waals surface area contributed by atoms with E-state index in [2.05, 4.69) is 10.9 Å². The number of hydrogen-bond donors (Lipinski definition) is 0. The Bertz CT molecular complexity index is 1380. The fourth-order valence-corrected chi connectivity index (χ4v) is 5.37. The molecule has 0 aliphatic heterocycles. The zero-order valence-corrected chi connectivity index (χ0v) is 18.7. The number of methoxy groups -OCH3 is 1. The number of rotatable bonds is 8. The van der Waals surface area contributed by atoms with E-state index in [9.17, 15) is 23.3 Å². The van der Waals surface area contributed by atoms with Gasteiger partial charge >= 0.3 is 0 Å². The summed E-state index contributed by atoms with van der Waals surface area (Å²) in [6.45, 7) is 0.135. The lowest BCUT2D eigenvalue weighted by molar-refractivity contribution is -0.384. The Morgan fingerprint density at radius 2 is 2.00 bits per heavy atom. The number of sulfone groups is 1. The summed E-state index contributed by atoms with van der Waals surface area (Å²) >= 11 is 1.11. The van der Waals surface area contributed by atoms with Crippen molar-refractivity contribution in [1.82, 2.24) is 4.57 Å². The summed E-state index contributed by atoms with van der Waals surface area (Å²) in [4.78, 5) is 27.4. The third-order valence-electron chi connectivity index (χ3n) is 4.57. The molecule has 0 fully saturated rings. The molecule has 11 heteroatoms. The molecule has 3 aromatic rings. The van der Waals surface area contributed by atoms with Crippen molar-refractivity contribution in [3.8, 4) is 18.1 Å². The molecule has 0 radical (unpaired) electrons. The smallest absolute Gasteiger partial charge is 0.270 e. The van der Waals surface area contributed by atoms with Gasteiger partial charge in [0.2, 0.25) is 5.91 Å². The molecule has 0 unspecified atom stereocenters. The number of nitro groups is 1. The number of carbonyl (C=O) groups excluding carboxylic acids is 1. The van der Waals surface area contributed by atoms with Gasteiger partial charge in [0.25, 0.3) is 5.69 Å². The molecule has 166 valence electrons. The number of non-ortho nitro benzene ring substituents is 1. The Hall–Kier alpha value is -3.49. The molecule has 0 saturated carbocycles. The van der Waals surface area contributed by atoms with Gasteiger partial charge in [-0.2, -0.15) is 4.99 Å². The number of hydrogen-bond acceptors (Lipinski definition) is 7. The molecular formula is C21H19N3O6S2. The molecule has 1 heterocycles. The highest BCUT2D eigenvalue weighted by molar-refractivity contribution is 7.91. The minimum Gasteiger partial charge on any atom is -0.497 e. The zero-order chi connectivity index (χ0) is 23.3. The molecule has 0 aliphatic carbocycles. The van der Waals surface area contributed by atoms with Gasteiger partial charge in [0, 0.05) is 18.6 Å². The first-order chi connectivity index (χ1) is 15.2. The van der Waals surface area contributed by atoms with Crippen molar-refractivity contribution in [2.75, 3.05) is 12.9 Å². The molecule has 0 saturated heterocycles. The highest BCUT2D eigenvalue weighted by Crippen LogP contribution is 2.23. The van der Waals surface area contributed by atoms with E-state index < -0.39 is 20.7 Å². The first kappa shape index (κ1) is 23.2. The summed E-state index contributed by atoms with van der Waals surface area (Å²) in [6.07, 6.45) is 5.44. The van der Waals surface area contributed by atoms with E-state index in [4.69, 9.17) is 11.2 Å². The first-order valence-electron chi connectivity index (χ1n) is 9.41. The van der Waals surface area contributed by atoms with Gasteiger partial charge in [0.05, 0.1) is 39.4 Å². The minimum atomic E-state index is -3.55. The first-order valence-corrected chi connectivity index (χ1v) is 11.9. The topological polar surface area (TPSA) is 121 Å². The van der Waals surface area contributed by atoms with Crippen molar-refractivity contribution in [1.29, 1.82) is 0 Å². The Balaban J connectivity index is 1.76. The molecule has 0 N–H and O–H groups in total. The van der Waals surface area contributed by atoms with E-state index in [0.717, 1.165) is 11.3 Å². The van der Waals surface area contributed by atoms with Gasteiger partial charge in [-0.15, -0.1) is 6.42 Å². The summed E-state index contributed by atoms with van der Waals surface area (Å²) in [5, 5.41) is 11.0. The number of fused-ring (bicyclic) bond motifs is 1. The molecular weight excluding hydrogens is 454 g/mol. The second-order valence-electron chi connectivity index (χ2n) is 6.69. The molecule has 1 amide bonds. The Labute approximate surface area is 188 Å². The number of amides is 1. The number of aromatic nitrogens is 1. The van der Waals surface area contributed by atoms with Crippen LogP contribution in [0.4, 0.5) is 5.69 Å². The third kappa shape index (κ3) is 5.22. The van der Waals surface area contributed by atoms with Crippen LogP contribution in [0.25, 0.3) is 10.2 Å². The van der Waals surface area contributed by atoms with Gasteiger partial charge < -0.3 is 9.30 Å². The van der Waals surface area contributed by atoms with Crippen LogP contribution in [-0.2, 0) is 21.2 Å². The van der Waals surface area contributed by atoms with Crippen LogP contribution >= 0.6 is 11.3 Å². The van der Waals surface area contributed by atoms with Crippen molar-refractivity contribution < 1.29 is 22.9 Å². The largest absolute Gasteiger partial charge is 0.497 e. The molecule has 1 aromatic heterocycles. The van der Waals surface area contributed by atoms with Crippen LogP contribution in [0.1, 0.15) is 12.8 Å².